The van der Waals surface area contributed by atoms with E-state index in [2.05, 4.69) is 0 Å². The number of amides is 2. The lowest BCUT2D eigenvalue weighted by Gasteiger charge is -2.36. The lowest BCUT2D eigenvalue weighted by molar-refractivity contribution is -0.144. The van der Waals surface area contributed by atoms with Crippen molar-refractivity contribution in [3.05, 3.63) is 0 Å². The van der Waals surface area contributed by atoms with E-state index in [1.165, 1.54) is 0 Å². The molecule has 0 aromatic rings. The van der Waals surface area contributed by atoms with Crippen LogP contribution in [0, 0.1) is 5.92 Å². The largest absolute Gasteiger partial charge is 0.378 e. The first-order valence-corrected chi connectivity index (χ1v) is 7.00. The van der Waals surface area contributed by atoms with Gasteiger partial charge in [0.25, 0.3) is 0 Å². The summed E-state index contributed by atoms with van der Waals surface area (Å²) < 4.78 is 5.25. The van der Waals surface area contributed by atoms with E-state index in [4.69, 9.17) is 10.5 Å². The Morgan fingerprint density at radius 3 is 2.53 bits per heavy atom. The Kier molecular flexibility index (Phi) is 4.76. The van der Waals surface area contributed by atoms with Gasteiger partial charge in [0.2, 0.25) is 11.8 Å². The molecule has 2 atom stereocenters. The molecule has 0 aromatic heterocycles. The van der Waals surface area contributed by atoms with Crippen molar-refractivity contribution in [2.24, 2.45) is 11.7 Å². The van der Waals surface area contributed by atoms with Gasteiger partial charge in [-0.2, -0.15) is 0 Å². The fourth-order valence-electron chi connectivity index (χ4n) is 2.71. The van der Waals surface area contributed by atoms with Gasteiger partial charge in [0, 0.05) is 26.2 Å². The van der Waals surface area contributed by atoms with Crippen molar-refractivity contribution in [2.75, 3.05) is 39.4 Å². The number of hydrogen-bond acceptors (Lipinski definition) is 4. The molecule has 0 radical (unpaired) electrons. The van der Waals surface area contributed by atoms with Gasteiger partial charge in [-0.3, -0.25) is 9.59 Å². The van der Waals surface area contributed by atoms with Crippen LogP contribution in [0.15, 0.2) is 0 Å². The predicted molar refractivity (Wildman–Crippen MR) is 70.4 cm³/mol. The third-order valence-electron chi connectivity index (χ3n) is 3.79. The summed E-state index contributed by atoms with van der Waals surface area (Å²) in [6, 6.07) is -0.489. The summed E-state index contributed by atoms with van der Waals surface area (Å²) in [6.07, 6.45) is 1.73. The molecule has 0 bridgehead atoms. The van der Waals surface area contributed by atoms with Gasteiger partial charge in [0.05, 0.1) is 25.2 Å². The molecule has 6 heteroatoms. The van der Waals surface area contributed by atoms with Crippen LogP contribution in [0.5, 0.6) is 0 Å². The van der Waals surface area contributed by atoms with Crippen molar-refractivity contribution in [3.63, 3.8) is 0 Å². The van der Waals surface area contributed by atoms with Crippen molar-refractivity contribution in [3.8, 4) is 0 Å². The van der Waals surface area contributed by atoms with Crippen LogP contribution in [-0.4, -0.2) is 67.0 Å². The van der Waals surface area contributed by atoms with Crippen LogP contribution >= 0.6 is 0 Å². The zero-order chi connectivity index (χ0) is 13.8. The maximum absolute atomic E-state index is 12.4. The van der Waals surface area contributed by atoms with Gasteiger partial charge in [-0.25, -0.2) is 0 Å². The summed E-state index contributed by atoms with van der Waals surface area (Å²) >= 11 is 0. The van der Waals surface area contributed by atoms with Crippen molar-refractivity contribution >= 4 is 11.8 Å². The summed E-state index contributed by atoms with van der Waals surface area (Å²) in [7, 11) is 0. The second kappa shape index (κ2) is 6.34. The first-order valence-electron chi connectivity index (χ1n) is 7.00. The fraction of sp³-hybridized carbons (Fsp3) is 0.846. The number of nitrogens with zero attached hydrogens (tertiary/aromatic N) is 2. The highest BCUT2D eigenvalue weighted by molar-refractivity contribution is 5.83. The smallest absolute Gasteiger partial charge is 0.239 e. The summed E-state index contributed by atoms with van der Waals surface area (Å²) in [5, 5.41) is 0. The molecular weight excluding hydrogens is 246 g/mol. The Bertz CT molecular complexity index is 340. The molecule has 108 valence electrons. The van der Waals surface area contributed by atoms with Gasteiger partial charge in [0.15, 0.2) is 0 Å². The van der Waals surface area contributed by atoms with Crippen LogP contribution in [0.4, 0.5) is 0 Å². The number of nitrogens with two attached hydrogens (primary N) is 1. The molecule has 0 spiro atoms. The number of rotatable bonds is 2. The number of likely N-dealkylation sites (tertiary alicyclic amines) is 1. The van der Waals surface area contributed by atoms with Crippen LogP contribution in [0.3, 0.4) is 0 Å². The minimum Gasteiger partial charge on any atom is -0.378 e. The van der Waals surface area contributed by atoms with Crippen LogP contribution in [0.25, 0.3) is 0 Å². The number of carbonyl (C=O) groups excluding carboxylic acids is 2. The molecule has 1 unspecified atom stereocenters. The second-order valence-corrected chi connectivity index (χ2v) is 5.35. The number of hydrogen-bond donors (Lipinski definition) is 1. The molecule has 2 aliphatic rings. The lowest BCUT2D eigenvalue weighted by Crippen LogP contribution is -2.51. The third kappa shape index (κ3) is 3.45. The average Bonchev–Trinajstić information content (AvgIpc) is 2.46. The Labute approximate surface area is 113 Å². The van der Waals surface area contributed by atoms with E-state index in [-0.39, 0.29) is 17.7 Å². The number of morpholine rings is 1. The van der Waals surface area contributed by atoms with E-state index in [0.717, 1.165) is 12.8 Å². The zero-order valence-electron chi connectivity index (χ0n) is 11.5. The SMILES string of the molecule is C[C@H](N)C(=O)N1CCCC(C(=O)N2CCOCC2)C1. The topological polar surface area (TPSA) is 75.9 Å². The maximum atomic E-state index is 12.4. The van der Waals surface area contributed by atoms with Gasteiger partial charge in [-0.15, -0.1) is 0 Å². The molecule has 2 rings (SSSR count). The molecule has 2 N–H and O–H groups in total. The minimum atomic E-state index is -0.489. The molecule has 2 heterocycles. The first kappa shape index (κ1) is 14.3. The predicted octanol–water partition coefficient (Wildman–Crippen LogP) is -0.569. The molecule has 2 fully saturated rings. The monoisotopic (exact) mass is 269 g/mol. The lowest BCUT2D eigenvalue weighted by atomic mass is 9.96. The van der Waals surface area contributed by atoms with E-state index in [0.29, 0.717) is 39.4 Å². The van der Waals surface area contributed by atoms with E-state index < -0.39 is 6.04 Å². The van der Waals surface area contributed by atoms with Crippen molar-refractivity contribution in [2.45, 2.75) is 25.8 Å². The molecule has 2 amide bonds. The van der Waals surface area contributed by atoms with Crippen molar-refractivity contribution in [1.82, 2.24) is 9.80 Å². The normalized spacial score (nSPS) is 26.1. The van der Waals surface area contributed by atoms with Gasteiger partial charge in [-0.05, 0) is 19.8 Å². The highest BCUT2D eigenvalue weighted by atomic mass is 16.5. The second-order valence-electron chi connectivity index (χ2n) is 5.35. The maximum Gasteiger partial charge on any atom is 0.239 e. The van der Waals surface area contributed by atoms with Crippen LogP contribution in [0.2, 0.25) is 0 Å². The van der Waals surface area contributed by atoms with Crippen LogP contribution < -0.4 is 5.73 Å². The summed E-state index contributed by atoms with van der Waals surface area (Å²) in [6.45, 7) is 5.47. The molecule has 0 aliphatic carbocycles. The van der Waals surface area contributed by atoms with Crippen molar-refractivity contribution in [1.29, 1.82) is 0 Å². The molecule has 0 aromatic carbocycles. The van der Waals surface area contributed by atoms with Crippen LogP contribution in [0.1, 0.15) is 19.8 Å². The Morgan fingerprint density at radius 2 is 1.89 bits per heavy atom. The van der Waals surface area contributed by atoms with Crippen molar-refractivity contribution < 1.29 is 14.3 Å². The highest BCUT2D eigenvalue weighted by Crippen LogP contribution is 2.20. The molecule has 19 heavy (non-hydrogen) atoms. The minimum absolute atomic E-state index is 0.0560. The first-order chi connectivity index (χ1) is 9.09. The number of ether oxygens (including phenoxy) is 1. The Hall–Kier alpha value is -1.14. The molecule has 6 nitrogen and oxygen atoms in total. The Balaban J connectivity index is 1.92. The number of piperidine rings is 1. The van der Waals surface area contributed by atoms with Gasteiger partial charge in [0.1, 0.15) is 0 Å². The summed E-state index contributed by atoms with van der Waals surface area (Å²) in [4.78, 5) is 27.9. The van der Waals surface area contributed by atoms with E-state index in [1.54, 1.807) is 11.8 Å². The summed E-state index contributed by atoms with van der Waals surface area (Å²) in [5.74, 6) is 0.0273. The molecule has 0 saturated carbocycles. The Morgan fingerprint density at radius 1 is 1.21 bits per heavy atom. The van der Waals surface area contributed by atoms with E-state index >= 15 is 0 Å². The van der Waals surface area contributed by atoms with Gasteiger partial charge >= 0.3 is 0 Å². The van der Waals surface area contributed by atoms with E-state index in [1.807, 2.05) is 4.90 Å². The van der Waals surface area contributed by atoms with Gasteiger partial charge < -0.3 is 20.3 Å². The third-order valence-corrected chi connectivity index (χ3v) is 3.79. The van der Waals surface area contributed by atoms with Crippen LogP contribution in [-0.2, 0) is 14.3 Å². The van der Waals surface area contributed by atoms with E-state index in [9.17, 15) is 9.59 Å². The average molecular weight is 269 g/mol. The standard InChI is InChI=1S/C13H23N3O3/c1-10(14)12(17)16-4-2-3-11(9-16)13(18)15-5-7-19-8-6-15/h10-11H,2-9,14H2,1H3/t10-,11?/m0/s1. The fourth-order valence-corrected chi connectivity index (χ4v) is 2.71. The molecular formula is C13H23N3O3. The van der Waals surface area contributed by atoms with Gasteiger partial charge in [-0.1, -0.05) is 0 Å². The number of carbonyl (C=O) groups is 2. The summed E-state index contributed by atoms with van der Waals surface area (Å²) in [5.41, 5.74) is 5.63. The highest BCUT2D eigenvalue weighted by Gasteiger charge is 2.32. The molecule has 2 aliphatic heterocycles. The molecule has 2 saturated heterocycles. The zero-order valence-corrected chi connectivity index (χ0v) is 11.5. The quantitative estimate of drug-likeness (QED) is 0.728.